The first-order chi connectivity index (χ1) is 12.6. The van der Waals surface area contributed by atoms with Crippen molar-refractivity contribution in [3.05, 3.63) is 59.1 Å². The van der Waals surface area contributed by atoms with E-state index in [9.17, 15) is 0 Å². The van der Waals surface area contributed by atoms with Crippen LogP contribution in [0.5, 0.6) is 0 Å². The maximum Gasteiger partial charge on any atom is 0.236 e. The molecule has 3 heterocycles. The number of aryl methyl sites for hydroxylation is 2. The maximum absolute atomic E-state index is 4.72. The average Bonchev–Trinajstić information content (AvgIpc) is 3.35. The Bertz CT molecular complexity index is 957. The van der Waals surface area contributed by atoms with Gasteiger partial charge in [-0.1, -0.05) is 52.9 Å². The summed E-state index contributed by atoms with van der Waals surface area (Å²) in [6.45, 7) is 6.00. The molecule has 0 saturated carbocycles. The molecule has 7 nitrogen and oxygen atoms in total. The molecule has 1 unspecified atom stereocenters. The van der Waals surface area contributed by atoms with Gasteiger partial charge < -0.3 is 0 Å². The number of benzene rings is 1. The van der Waals surface area contributed by atoms with E-state index in [4.69, 9.17) is 10.1 Å². The van der Waals surface area contributed by atoms with Gasteiger partial charge in [-0.05, 0) is 26.3 Å². The van der Waals surface area contributed by atoms with Crippen molar-refractivity contribution in [3.8, 4) is 0 Å². The number of aliphatic imine (C=N–C) groups is 1. The lowest BCUT2D eigenvalue weighted by Crippen LogP contribution is -2.31. The number of hydrogen-bond donors (Lipinski definition) is 0. The summed E-state index contributed by atoms with van der Waals surface area (Å²) in [6, 6.07) is 8.50. The normalized spacial score (nSPS) is 17.7. The van der Waals surface area contributed by atoms with Gasteiger partial charge in [0.05, 0.1) is 5.04 Å². The highest BCUT2D eigenvalue weighted by Crippen LogP contribution is 2.40. The summed E-state index contributed by atoms with van der Waals surface area (Å²) in [5.41, 5.74) is 2.40. The summed E-state index contributed by atoms with van der Waals surface area (Å²) < 4.78 is 1.85. The summed E-state index contributed by atoms with van der Waals surface area (Å²) in [7, 11) is 0. The van der Waals surface area contributed by atoms with Crippen molar-refractivity contribution in [3.63, 3.8) is 0 Å². The van der Waals surface area contributed by atoms with Crippen LogP contribution in [0.3, 0.4) is 0 Å². The molecule has 1 aliphatic heterocycles. The molecule has 26 heavy (non-hydrogen) atoms. The quantitative estimate of drug-likeness (QED) is 0.495. The predicted octanol–water partition coefficient (Wildman–Crippen LogP) is 3.97. The van der Waals surface area contributed by atoms with Gasteiger partial charge in [0.1, 0.15) is 16.7 Å². The summed E-state index contributed by atoms with van der Waals surface area (Å²) in [4.78, 5) is 8.88. The fourth-order valence-electron chi connectivity index (χ4n) is 2.55. The number of hydrogen-bond acceptors (Lipinski definition) is 7. The molecule has 0 amide bonds. The fraction of sp³-hybridized carbons (Fsp3) is 0.235. The van der Waals surface area contributed by atoms with Crippen LogP contribution in [0.4, 0.5) is 5.13 Å². The Hall–Kier alpha value is -2.52. The Labute approximate surface area is 159 Å². The molecule has 4 rings (SSSR count). The Balaban J connectivity index is 1.78. The van der Waals surface area contributed by atoms with Crippen molar-refractivity contribution >= 4 is 39.2 Å². The minimum Gasteiger partial charge on any atom is -0.275 e. The van der Waals surface area contributed by atoms with Crippen molar-refractivity contribution in [2.45, 2.75) is 26.1 Å². The topological polar surface area (TPSA) is 71.6 Å². The number of imidazole rings is 1. The molecule has 0 saturated heterocycles. The highest BCUT2D eigenvalue weighted by molar-refractivity contribution is 8.14. The molecule has 1 aliphatic rings. The van der Waals surface area contributed by atoms with Crippen LogP contribution in [-0.4, -0.2) is 35.8 Å². The lowest BCUT2D eigenvalue weighted by Gasteiger charge is -2.24. The molecule has 0 N–H and O–H groups in total. The van der Waals surface area contributed by atoms with Crippen LogP contribution in [0.25, 0.3) is 0 Å². The predicted molar refractivity (Wildman–Crippen MR) is 106 cm³/mol. The first kappa shape index (κ1) is 16.9. The largest absolute Gasteiger partial charge is 0.275 e. The summed E-state index contributed by atoms with van der Waals surface area (Å²) in [5.74, 6) is 0.647. The maximum atomic E-state index is 4.72. The second kappa shape index (κ2) is 7.00. The van der Waals surface area contributed by atoms with E-state index in [0.29, 0.717) is 11.1 Å². The molecule has 0 spiro atoms. The number of aromatic nitrogens is 4. The highest BCUT2D eigenvalue weighted by Gasteiger charge is 2.31. The van der Waals surface area contributed by atoms with Crippen LogP contribution < -0.4 is 0 Å². The zero-order chi connectivity index (χ0) is 18.1. The standard InChI is InChI=1S/C17H17N7S2/c1-11-4-6-14(7-5-11)15-24(22-13(3)25-15)17(23-9-8-18-10-23)19-16-21-20-12(2)26-16/h4-10,15H,1-3H3. The van der Waals surface area contributed by atoms with E-state index in [1.807, 2.05) is 29.6 Å². The van der Waals surface area contributed by atoms with Crippen LogP contribution in [0, 0.1) is 13.8 Å². The van der Waals surface area contributed by atoms with Crippen molar-refractivity contribution in [2.24, 2.45) is 10.1 Å². The van der Waals surface area contributed by atoms with E-state index in [-0.39, 0.29) is 5.37 Å². The smallest absolute Gasteiger partial charge is 0.236 e. The second-order valence-electron chi connectivity index (χ2n) is 5.83. The van der Waals surface area contributed by atoms with Crippen molar-refractivity contribution in [2.75, 3.05) is 0 Å². The molecule has 132 valence electrons. The monoisotopic (exact) mass is 383 g/mol. The van der Waals surface area contributed by atoms with E-state index in [2.05, 4.69) is 46.4 Å². The third kappa shape index (κ3) is 3.40. The van der Waals surface area contributed by atoms with Gasteiger partial charge in [0.2, 0.25) is 11.1 Å². The summed E-state index contributed by atoms with van der Waals surface area (Å²) in [6.07, 6.45) is 5.29. The molecule has 2 aromatic heterocycles. The Kier molecular flexibility index (Phi) is 4.56. The van der Waals surface area contributed by atoms with E-state index in [0.717, 1.165) is 10.1 Å². The van der Waals surface area contributed by atoms with Crippen molar-refractivity contribution < 1.29 is 0 Å². The van der Waals surface area contributed by atoms with Gasteiger partial charge in [-0.3, -0.25) is 4.57 Å². The van der Waals surface area contributed by atoms with Crippen LogP contribution in [0.1, 0.15) is 28.4 Å². The molecule has 0 bridgehead atoms. The molecule has 0 fully saturated rings. The van der Waals surface area contributed by atoms with E-state index in [1.165, 1.54) is 22.5 Å². The highest BCUT2D eigenvalue weighted by atomic mass is 32.2. The van der Waals surface area contributed by atoms with E-state index >= 15 is 0 Å². The zero-order valence-corrected chi connectivity index (χ0v) is 16.2. The van der Waals surface area contributed by atoms with Gasteiger partial charge in [0.25, 0.3) is 0 Å². The lowest BCUT2D eigenvalue weighted by molar-refractivity contribution is 0.424. The first-order valence-electron chi connectivity index (χ1n) is 8.05. The Morgan fingerprint density at radius 3 is 2.58 bits per heavy atom. The SMILES string of the molecule is CC1=NN(C(=Nc2nnc(C)s2)n2ccnc2)C(c2ccc(C)cc2)S1. The van der Waals surface area contributed by atoms with E-state index < -0.39 is 0 Å². The van der Waals surface area contributed by atoms with Crippen LogP contribution in [0.2, 0.25) is 0 Å². The molecule has 0 radical (unpaired) electrons. The summed E-state index contributed by atoms with van der Waals surface area (Å²) >= 11 is 3.15. The molecular weight excluding hydrogens is 366 g/mol. The van der Waals surface area contributed by atoms with Crippen LogP contribution in [-0.2, 0) is 0 Å². The van der Waals surface area contributed by atoms with Gasteiger partial charge in [-0.15, -0.1) is 10.2 Å². The fourth-order valence-corrected chi connectivity index (χ4v) is 4.10. The molecule has 0 aliphatic carbocycles. The minimum atomic E-state index is 0.00534. The van der Waals surface area contributed by atoms with Crippen LogP contribution in [0.15, 0.2) is 53.1 Å². The van der Waals surface area contributed by atoms with Gasteiger partial charge in [-0.25, -0.2) is 9.99 Å². The van der Waals surface area contributed by atoms with Gasteiger partial charge >= 0.3 is 0 Å². The van der Waals surface area contributed by atoms with Crippen molar-refractivity contribution in [1.29, 1.82) is 0 Å². The molecule has 9 heteroatoms. The zero-order valence-electron chi connectivity index (χ0n) is 14.6. The second-order valence-corrected chi connectivity index (χ2v) is 8.26. The summed E-state index contributed by atoms with van der Waals surface area (Å²) in [5, 5.41) is 17.3. The first-order valence-corrected chi connectivity index (χ1v) is 9.74. The molecule has 3 aromatic rings. The number of hydrazone groups is 1. The number of nitrogens with zero attached hydrogens (tertiary/aromatic N) is 7. The number of thioether (sulfide) groups is 1. The minimum absolute atomic E-state index is 0.00534. The van der Waals surface area contributed by atoms with Gasteiger partial charge in [0, 0.05) is 12.4 Å². The lowest BCUT2D eigenvalue weighted by atomic mass is 10.1. The Morgan fingerprint density at radius 1 is 1.12 bits per heavy atom. The van der Waals surface area contributed by atoms with Gasteiger partial charge in [-0.2, -0.15) is 10.1 Å². The third-order valence-corrected chi connectivity index (χ3v) is 5.62. The van der Waals surface area contributed by atoms with Crippen LogP contribution >= 0.6 is 23.1 Å². The number of rotatable bonds is 2. The van der Waals surface area contributed by atoms with E-state index in [1.54, 1.807) is 24.3 Å². The average molecular weight is 384 g/mol. The molecule has 1 atom stereocenters. The molecule has 1 aromatic carbocycles. The Morgan fingerprint density at radius 2 is 1.92 bits per heavy atom. The van der Waals surface area contributed by atoms with Crippen molar-refractivity contribution in [1.82, 2.24) is 24.8 Å². The van der Waals surface area contributed by atoms with Gasteiger partial charge in [0.15, 0.2) is 0 Å². The molecular formula is C17H17N7S2. The third-order valence-electron chi connectivity index (χ3n) is 3.77.